The number of carbonyl (C=O) groups excluding carboxylic acids is 2. The van der Waals surface area contributed by atoms with Crippen molar-refractivity contribution in [1.82, 2.24) is 25.6 Å². The first-order valence-electron chi connectivity index (χ1n) is 12.3. The van der Waals surface area contributed by atoms with E-state index in [1.807, 2.05) is 48.5 Å². The number of benzene rings is 1. The van der Waals surface area contributed by atoms with Crippen molar-refractivity contribution in [2.75, 3.05) is 0 Å². The summed E-state index contributed by atoms with van der Waals surface area (Å²) in [4.78, 5) is 39.2. The summed E-state index contributed by atoms with van der Waals surface area (Å²) < 4.78 is 10.7. The molecule has 0 aliphatic carbocycles. The number of carbonyl (C=O) groups is 2. The van der Waals surface area contributed by atoms with Crippen molar-refractivity contribution in [3.8, 4) is 0 Å². The molecule has 0 saturated carbocycles. The Morgan fingerprint density at radius 2 is 1.49 bits per heavy atom. The van der Waals surface area contributed by atoms with Crippen LogP contribution in [0.2, 0.25) is 0 Å². The Balaban J connectivity index is 1.42. The molecule has 2 amide bonds. The van der Waals surface area contributed by atoms with Crippen LogP contribution in [0.15, 0.2) is 78.1 Å². The second-order valence-electron chi connectivity index (χ2n) is 8.70. The largest absolute Gasteiger partial charge is 0.444 e. The quantitative estimate of drug-likeness (QED) is 0.220. The van der Waals surface area contributed by atoms with E-state index in [4.69, 9.17) is 9.47 Å². The van der Waals surface area contributed by atoms with Crippen LogP contribution in [-0.2, 0) is 35.5 Å². The van der Waals surface area contributed by atoms with Gasteiger partial charge in [0.1, 0.15) is 13.2 Å². The lowest BCUT2D eigenvalue weighted by Gasteiger charge is -2.28. The van der Waals surface area contributed by atoms with Gasteiger partial charge in [0, 0.05) is 36.7 Å². The smallest absolute Gasteiger partial charge is 0.407 e. The van der Waals surface area contributed by atoms with Gasteiger partial charge in [0.15, 0.2) is 0 Å². The average Bonchev–Trinajstić information content (AvgIpc) is 3.66. The summed E-state index contributed by atoms with van der Waals surface area (Å²) >= 11 is 2.77. The van der Waals surface area contributed by atoms with Crippen LogP contribution in [0.25, 0.3) is 0 Å². The molecule has 0 bridgehead atoms. The fourth-order valence-corrected chi connectivity index (χ4v) is 4.88. The first-order chi connectivity index (χ1) is 19.0. The van der Waals surface area contributed by atoms with Gasteiger partial charge in [0.2, 0.25) is 0 Å². The van der Waals surface area contributed by atoms with Crippen molar-refractivity contribution in [3.63, 3.8) is 0 Å². The lowest BCUT2D eigenvalue weighted by molar-refractivity contribution is 0.0863. The van der Waals surface area contributed by atoms with Gasteiger partial charge in [-0.15, -0.1) is 22.7 Å². The summed E-state index contributed by atoms with van der Waals surface area (Å²) in [5.74, 6) is 0. The molecule has 0 unspecified atom stereocenters. The first kappa shape index (κ1) is 28.1. The van der Waals surface area contributed by atoms with E-state index in [1.165, 1.54) is 22.7 Å². The number of aromatic nitrogens is 3. The van der Waals surface area contributed by atoms with E-state index in [1.54, 1.807) is 29.6 Å². The molecule has 39 heavy (non-hydrogen) atoms. The zero-order valence-corrected chi connectivity index (χ0v) is 22.6. The molecule has 0 radical (unpaired) electrons. The topological polar surface area (TPSA) is 136 Å². The van der Waals surface area contributed by atoms with Crippen LogP contribution >= 0.6 is 22.7 Å². The maximum absolute atomic E-state index is 12.6. The molecule has 3 N–H and O–H groups in total. The third-order valence-electron chi connectivity index (χ3n) is 5.75. The maximum atomic E-state index is 12.6. The number of pyridine rings is 1. The van der Waals surface area contributed by atoms with Gasteiger partial charge < -0.3 is 25.2 Å². The molecule has 4 rings (SSSR count). The van der Waals surface area contributed by atoms with Gasteiger partial charge in [-0.25, -0.2) is 9.59 Å². The molecule has 204 valence electrons. The third kappa shape index (κ3) is 9.74. The van der Waals surface area contributed by atoms with Gasteiger partial charge in [-0.1, -0.05) is 36.4 Å². The molecule has 3 atom stereocenters. The predicted molar refractivity (Wildman–Crippen MR) is 147 cm³/mol. The third-order valence-corrected chi connectivity index (χ3v) is 7.26. The van der Waals surface area contributed by atoms with E-state index in [0.29, 0.717) is 12.8 Å². The number of aliphatic hydroxyl groups is 1. The fraction of sp³-hybridized carbons (Fsp3) is 0.296. The van der Waals surface area contributed by atoms with Crippen LogP contribution in [0.1, 0.15) is 27.4 Å². The Morgan fingerprint density at radius 3 is 2.08 bits per heavy atom. The molecule has 0 aliphatic heterocycles. The SMILES string of the molecule is O=C(N[C@H](Cc1ccccn1)C[C@@H](O)[C@@H](Cc1ccccc1)NC(=O)OCc1cncs1)OCc1cncs1. The fourth-order valence-electron chi connectivity index (χ4n) is 3.87. The van der Waals surface area contributed by atoms with Crippen LogP contribution < -0.4 is 10.6 Å². The van der Waals surface area contributed by atoms with Crippen LogP contribution in [0, 0.1) is 0 Å². The highest BCUT2D eigenvalue weighted by Gasteiger charge is 2.27. The second-order valence-corrected chi connectivity index (χ2v) is 10.6. The molecule has 0 fully saturated rings. The highest BCUT2D eigenvalue weighted by molar-refractivity contribution is 7.09. The number of thiazole rings is 2. The zero-order chi connectivity index (χ0) is 27.3. The second kappa shape index (κ2) is 14.9. The normalized spacial score (nSPS) is 13.2. The Hall–Kier alpha value is -3.87. The molecule has 3 aromatic heterocycles. The van der Waals surface area contributed by atoms with Gasteiger partial charge >= 0.3 is 12.2 Å². The molecule has 10 nitrogen and oxygen atoms in total. The number of amides is 2. The lowest BCUT2D eigenvalue weighted by atomic mass is 9.94. The van der Waals surface area contributed by atoms with E-state index < -0.39 is 30.4 Å². The Bertz CT molecular complexity index is 1260. The Labute approximate surface area is 234 Å². The van der Waals surface area contributed by atoms with Gasteiger partial charge in [-0.05, 0) is 30.5 Å². The van der Waals surface area contributed by atoms with E-state index >= 15 is 0 Å². The summed E-state index contributed by atoms with van der Waals surface area (Å²) in [7, 11) is 0. The average molecular weight is 568 g/mol. The highest BCUT2D eigenvalue weighted by atomic mass is 32.1. The molecule has 0 aliphatic rings. The van der Waals surface area contributed by atoms with E-state index in [0.717, 1.165) is 21.0 Å². The minimum atomic E-state index is -1.02. The molecule has 1 aromatic carbocycles. The van der Waals surface area contributed by atoms with Gasteiger partial charge in [0.05, 0.1) is 32.9 Å². The van der Waals surface area contributed by atoms with Crippen molar-refractivity contribution in [1.29, 1.82) is 0 Å². The van der Waals surface area contributed by atoms with Gasteiger partial charge in [-0.3, -0.25) is 15.0 Å². The van der Waals surface area contributed by atoms with E-state index in [-0.39, 0.29) is 19.6 Å². The molecule has 0 spiro atoms. The summed E-state index contributed by atoms with van der Waals surface area (Å²) in [6.45, 7) is 0.180. The summed E-state index contributed by atoms with van der Waals surface area (Å²) in [6.07, 6.45) is 3.52. The monoisotopic (exact) mass is 567 g/mol. The van der Waals surface area contributed by atoms with Gasteiger partial charge in [-0.2, -0.15) is 0 Å². The van der Waals surface area contributed by atoms with Crippen molar-refractivity contribution in [3.05, 3.63) is 99.2 Å². The first-order valence-corrected chi connectivity index (χ1v) is 14.0. The van der Waals surface area contributed by atoms with Gasteiger partial charge in [0.25, 0.3) is 0 Å². The number of aliphatic hydroxyl groups excluding tert-OH is 1. The zero-order valence-electron chi connectivity index (χ0n) is 21.0. The molecular formula is C27H29N5O5S2. The summed E-state index contributed by atoms with van der Waals surface area (Å²) in [5.41, 5.74) is 5.01. The van der Waals surface area contributed by atoms with Crippen LogP contribution in [0.5, 0.6) is 0 Å². The number of hydrogen-bond acceptors (Lipinski definition) is 10. The number of rotatable bonds is 13. The predicted octanol–water partition coefficient (Wildman–Crippen LogP) is 4.12. The molecule has 0 saturated heterocycles. The molecule has 4 aromatic rings. The van der Waals surface area contributed by atoms with Crippen molar-refractivity contribution in [2.45, 2.75) is 50.7 Å². The molecule has 3 heterocycles. The van der Waals surface area contributed by atoms with Crippen molar-refractivity contribution < 1.29 is 24.2 Å². The maximum Gasteiger partial charge on any atom is 0.407 e. The lowest BCUT2D eigenvalue weighted by Crippen LogP contribution is -2.48. The number of alkyl carbamates (subject to hydrolysis) is 2. The minimum absolute atomic E-state index is 0.0834. The van der Waals surface area contributed by atoms with E-state index in [9.17, 15) is 14.7 Å². The highest BCUT2D eigenvalue weighted by Crippen LogP contribution is 2.15. The number of ether oxygens (including phenoxy) is 2. The summed E-state index contributed by atoms with van der Waals surface area (Å²) in [5, 5.41) is 17.0. The van der Waals surface area contributed by atoms with Crippen LogP contribution in [0.4, 0.5) is 9.59 Å². The van der Waals surface area contributed by atoms with Crippen LogP contribution in [-0.4, -0.2) is 50.4 Å². The van der Waals surface area contributed by atoms with Crippen LogP contribution in [0.3, 0.4) is 0 Å². The number of nitrogens with one attached hydrogen (secondary N) is 2. The number of hydrogen-bond donors (Lipinski definition) is 3. The number of nitrogens with zero attached hydrogens (tertiary/aromatic N) is 3. The summed E-state index contributed by atoms with van der Waals surface area (Å²) in [6, 6.07) is 13.8. The molecule has 12 heteroatoms. The van der Waals surface area contributed by atoms with E-state index in [2.05, 4.69) is 25.6 Å². The molecular weight excluding hydrogens is 538 g/mol. The minimum Gasteiger partial charge on any atom is -0.444 e. The Morgan fingerprint density at radius 1 is 0.846 bits per heavy atom. The van der Waals surface area contributed by atoms with Crippen molar-refractivity contribution in [2.24, 2.45) is 0 Å². The van der Waals surface area contributed by atoms with Crippen molar-refractivity contribution >= 4 is 34.9 Å². The Kier molecular flexibility index (Phi) is 10.8. The standard InChI is InChI=1S/C27H29N5O5S2/c33-25(24(10-19-6-2-1-3-7-19)32-27(35)37-16-23-14-29-18-39-23)12-21(11-20-8-4-5-9-30-20)31-26(34)36-15-22-13-28-17-38-22/h1-9,13-14,17-18,21,24-25,33H,10-12,15-16H2,(H,31,34)(H,32,35)/t21-,24-,25-/m1/s1.